The topological polar surface area (TPSA) is 29.3 Å². The molecule has 19 heavy (non-hydrogen) atoms. The van der Waals surface area contributed by atoms with Crippen molar-refractivity contribution in [1.29, 1.82) is 0 Å². The van der Waals surface area contributed by atoms with Crippen molar-refractivity contribution >= 4 is 5.69 Å². The monoisotopic (exact) mass is 260 g/mol. The van der Waals surface area contributed by atoms with Crippen LogP contribution in [-0.2, 0) is 6.54 Å². The first kappa shape index (κ1) is 14.4. The molecule has 0 aliphatic heterocycles. The smallest absolute Gasteiger partial charge is 0.0317 e. The summed E-state index contributed by atoms with van der Waals surface area (Å²) in [7, 11) is 0. The minimum absolute atomic E-state index is 0.769. The van der Waals surface area contributed by atoms with E-state index in [1.165, 1.54) is 44.2 Å². The molecule has 2 atom stereocenters. The summed E-state index contributed by atoms with van der Waals surface area (Å²) in [4.78, 5) is 2.67. The van der Waals surface area contributed by atoms with Gasteiger partial charge in [-0.05, 0) is 49.4 Å². The van der Waals surface area contributed by atoms with Crippen LogP contribution in [-0.4, -0.2) is 17.5 Å². The number of rotatable bonds is 5. The molecule has 0 radical (unpaired) electrons. The first-order chi connectivity index (χ1) is 9.19. The Hall–Kier alpha value is -1.02. The number of nitrogens with zero attached hydrogens (tertiary/aromatic N) is 1. The fraction of sp³-hybridized carbons (Fsp3) is 0.647. The molecule has 2 heteroatoms. The van der Waals surface area contributed by atoms with Crippen molar-refractivity contribution in [3.05, 3.63) is 29.8 Å². The number of anilines is 1. The summed E-state index contributed by atoms with van der Waals surface area (Å²) in [5, 5.41) is 0. The summed E-state index contributed by atoms with van der Waals surface area (Å²) >= 11 is 0. The molecular weight excluding hydrogens is 232 g/mol. The third-order valence-electron chi connectivity index (χ3n) is 4.27. The van der Waals surface area contributed by atoms with Crippen LogP contribution < -0.4 is 5.73 Å². The number of nitrogens with two attached hydrogens (primary N) is 1. The summed E-state index contributed by atoms with van der Waals surface area (Å²) < 4.78 is 0. The van der Waals surface area contributed by atoms with E-state index in [1.54, 1.807) is 0 Å². The van der Waals surface area contributed by atoms with E-state index >= 15 is 0 Å². The van der Waals surface area contributed by atoms with E-state index in [4.69, 9.17) is 5.73 Å². The largest absolute Gasteiger partial charge is 0.399 e. The Morgan fingerprint density at radius 2 is 2.16 bits per heavy atom. The normalized spacial score (nSPS) is 23.7. The van der Waals surface area contributed by atoms with Gasteiger partial charge < -0.3 is 5.73 Å². The van der Waals surface area contributed by atoms with Crippen molar-refractivity contribution in [2.75, 3.05) is 12.3 Å². The maximum Gasteiger partial charge on any atom is 0.0317 e. The standard InChI is InChI=1S/C17H28N2/c1-3-10-19(17-9-4-6-14(2)11-17)13-15-7-5-8-16(18)12-15/h5,7-8,12,14,17H,3-4,6,9-11,13,18H2,1-2H3. The zero-order valence-electron chi connectivity index (χ0n) is 12.4. The highest BCUT2D eigenvalue weighted by Crippen LogP contribution is 2.28. The van der Waals surface area contributed by atoms with E-state index in [0.29, 0.717) is 0 Å². The Morgan fingerprint density at radius 1 is 1.32 bits per heavy atom. The second-order valence-corrected chi connectivity index (χ2v) is 6.14. The molecule has 2 N–H and O–H groups in total. The van der Waals surface area contributed by atoms with Crippen LogP contribution in [0.1, 0.15) is 51.5 Å². The zero-order chi connectivity index (χ0) is 13.7. The van der Waals surface area contributed by atoms with Crippen molar-refractivity contribution in [3.8, 4) is 0 Å². The van der Waals surface area contributed by atoms with Gasteiger partial charge in [-0.3, -0.25) is 4.90 Å². The van der Waals surface area contributed by atoms with Gasteiger partial charge in [-0.25, -0.2) is 0 Å². The predicted octanol–water partition coefficient (Wildman–Crippen LogP) is 4.06. The van der Waals surface area contributed by atoms with Crippen molar-refractivity contribution in [2.24, 2.45) is 5.92 Å². The summed E-state index contributed by atoms with van der Waals surface area (Å²) in [6.07, 6.45) is 6.76. The lowest BCUT2D eigenvalue weighted by Crippen LogP contribution is -2.38. The molecule has 0 bridgehead atoms. The van der Waals surface area contributed by atoms with Gasteiger partial charge in [0.15, 0.2) is 0 Å². The molecule has 1 aliphatic rings. The van der Waals surface area contributed by atoms with E-state index in [9.17, 15) is 0 Å². The SMILES string of the molecule is CCCN(Cc1cccc(N)c1)C1CCCC(C)C1. The zero-order valence-corrected chi connectivity index (χ0v) is 12.4. The first-order valence-electron chi connectivity index (χ1n) is 7.77. The lowest BCUT2D eigenvalue weighted by atomic mass is 9.86. The van der Waals surface area contributed by atoms with Gasteiger partial charge in [-0.1, -0.05) is 38.8 Å². The molecule has 1 aromatic rings. The quantitative estimate of drug-likeness (QED) is 0.809. The van der Waals surface area contributed by atoms with Crippen molar-refractivity contribution in [3.63, 3.8) is 0 Å². The molecule has 106 valence electrons. The minimum atomic E-state index is 0.769. The molecule has 1 aromatic carbocycles. The van der Waals surface area contributed by atoms with Crippen LogP contribution in [0.5, 0.6) is 0 Å². The van der Waals surface area contributed by atoms with Crippen LogP contribution >= 0.6 is 0 Å². The predicted molar refractivity (Wildman–Crippen MR) is 83.0 cm³/mol. The molecule has 2 nitrogen and oxygen atoms in total. The Labute approximate surface area is 118 Å². The van der Waals surface area contributed by atoms with Crippen molar-refractivity contribution < 1.29 is 0 Å². The van der Waals surface area contributed by atoms with Crippen molar-refractivity contribution in [2.45, 2.75) is 58.5 Å². The average molecular weight is 260 g/mol. The second-order valence-electron chi connectivity index (χ2n) is 6.14. The molecule has 0 spiro atoms. The van der Waals surface area contributed by atoms with Gasteiger partial charge >= 0.3 is 0 Å². The summed E-state index contributed by atoms with van der Waals surface area (Å²) in [5.74, 6) is 0.888. The molecule has 0 amide bonds. The van der Waals surface area contributed by atoms with Gasteiger partial charge in [0.05, 0.1) is 0 Å². The van der Waals surface area contributed by atoms with Gasteiger partial charge in [0.1, 0.15) is 0 Å². The fourth-order valence-electron chi connectivity index (χ4n) is 3.34. The van der Waals surface area contributed by atoms with Gasteiger partial charge in [-0.2, -0.15) is 0 Å². The van der Waals surface area contributed by atoms with Gasteiger partial charge in [0.25, 0.3) is 0 Å². The maximum atomic E-state index is 5.89. The van der Waals surface area contributed by atoms with E-state index in [0.717, 1.165) is 24.2 Å². The number of benzene rings is 1. The molecule has 1 aliphatic carbocycles. The molecule has 1 saturated carbocycles. The van der Waals surface area contributed by atoms with Crippen LogP contribution in [0.2, 0.25) is 0 Å². The molecular formula is C17H28N2. The fourth-order valence-corrected chi connectivity index (χ4v) is 3.34. The average Bonchev–Trinajstić information content (AvgIpc) is 2.38. The number of hydrogen-bond donors (Lipinski definition) is 1. The van der Waals surface area contributed by atoms with Gasteiger partial charge in [0.2, 0.25) is 0 Å². The molecule has 0 aromatic heterocycles. The van der Waals surface area contributed by atoms with Crippen LogP contribution in [0.3, 0.4) is 0 Å². The van der Waals surface area contributed by atoms with E-state index in [2.05, 4.69) is 36.9 Å². The van der Waals surface area contributed by atoms with Crippen molar-refractivity contribution in [1.82, 2.24) is 4.90 Å². The molecule has 0 saturated heterocycles. The van der Waals surface area contributed by atoms with Crippen LogP contribution in [0.25, 0.3) is 0 Å². The Morgan fingerprint density at radius 3 is 2.84 bits per heavy atom. The van der Waals surface area contributed by atoms with Crippen LogP contribution in [0, 0.1) is 5.92 Å². The third-order valence-corrected chi connectivity index (χ3v) is 4.27. The van der Waals surface area contributed by atoms with Gasteiger partial charge in [0, 0.05) is 18.3 Å². The lowest BCUT2D eigenvalue weighted by molar-refractivity contribution is 0.127. The lowest BCUT2D eigenvalue weighted by Gasteiger charge is -2.36. The highest BCUT2D eigenvalue weighted by molar-refractivity contribution is 5.40. The van der Waals surface area contributed by atoms with Crippen LogP contribution in [0.15, 0.2) is 24.3 Å². The Balaban J connectivity index is 2.02. The Kier molecular flexibility index (Phi) is 5.26. The first-order valence-corrected chi connectivity index (χ1v) is 7.77. The molecule has 1 fully saturated rings. The summed E-state index contributed by atoms with van der Waals surface area (Å²) in [6.45, 7) is 6.93. The summed E-state index contributed by atoms with van der Waals surface area (Å²) in [5.41, 5.74) is 8.12. The van der Waals surface area contributed by atoms with Crippen LogP contribution in [0.4, 0.5) is 5.69 Å². The van der Waals surface area contributed by atoms with E-state index < -0.39 is 0 Å². The molecule has 2 rings (SSSR count). The maximum absolute atomic E-state index is 5.89. The van der Waals surface area contributed by atoms with Gasteiger partial charge in [-0.15, -0.1) is 0 Å². The minimum Gasteiger partial charge on any atom is -0.399 e. The molecule has 0 heterocycles. The van der Waals surface area contributed by atoms with E-state index in [1.807, 2.05) is 6.07 Å². The summed E-state index contributed by atoms with van der Waals surface area (Å²) in [6, 6.07) is 9.12. The second kappa shape index (κ2) is 6.95. The number of nitrogen functional groups attached to an aromatic ring is 1. The molecule has 2 unspecified atom stereocenters. The third kappa shape index (κ3) is 4.24. The van der Waals surface area contributed by atoms with E-state index in [-0.39, 0.29) is 0 Å². The Bertz CT molecular complexity index is 389. The highest BCUT2D eigenvalue weighted by atomic mass is 15.1. The highest BCUT2D eigenvalue weighted by Gasteiger charge is 2.24. The number of hydrogen-bond acceptors (Lipinski definition) is 2.